The molecule has 1 N–H and O–H groups in total. The first-order chi connectivity index (χ1) is 8.65. The van der Waals surface area contributed by atoms with E-state index >= 15 is 0 Å². The number of para-hydroxylation sites is 1. The number of carbonyl (C=O) groups is 1. The van der Waals surface area contributed by atoms with E-state index in [1.165, 1.54) is 6.07 Å². The molecule has 1 aromatic heterocycles. The summed E-state index contributed by atoms with van der Waals surface area (Å²) in [4.78, 5) is 12.6. The average Bonchev–Trinajstić information content (AvgIpc) is 2.66. The number of carboxylic acid groups (broad SMARTS) is 1. The standard InChI is InChI=1S/C13H13FN2O2/c14-11-3-1-2-9-6-10-7-15(8-12(17)18)4-5-16(10)13(9)11/h1-3,6H,4-5,7-8H2,(H,17,18). The van der Waals surface area contributed by atoms with Gasteiger partial charge in [0.05, 0.1) is 12.1 Å². The van der Waals surface area contributed by atoms with Gasteiger partial charge in [0, 0.05) is 30.7 Å². The molecule has 0 spiro atoms. The summed E-state index contributed by atoms with van der Waals surface area (Å²) in [6, 6.07) is 6.97. The molecule has 0 bridgehead atoms. The smallest absolute Gasteiger partial charge is 0.317 e. The van der Waals surface area contributed by atoms with E-state index < -0.39 is 5.97 Å². The van der Waals surface area contributed by atoms with Crippen molar-refractivity contribution in [3.8, 4) is 0 Å². The molecule has 94 valence electrons. The van der Waals surface area contributed by atoms with Crippen LogP contribution in [0.25, 0.3) is 10.9 Å². The second kappa shape index (κ2) is 4.10. The number of hydrogen-bond donors (Lipinski definition) is 1. The highest BCUT2D eigenvalue weighted by atomic mass is 19.1. The molecular weight excluding hydrogens is 235 g/mol. The Balaban J connectivity index is 2.00. The van der Waals surface area contributed by atoms with E-state index in [2.05, 4.69) is 0 Å². The number of benzene rings is 1. The average molecular weight is 248 g/mol. The fourth-order valence-corrected chi connectivity index (χ4v) is 2.60. The summed E-state index contributed by atoms with van der Waals surface area (Å²) < 4.78 is 15.7. The van der Waals surface area contributed by atoms with E-state index in [1.54, 1.807) is 6.07 Å². The SMILES string of the molecule is O=C(O)CN1CCn2c(cc3cccc(F)c32)C1. The maximum absolute atomic E-state index is 13.8. The van der Waals surface area contributed by atoms with Crippen LogP contribution in [-0.4, -0.2) is 33.6 Å². The van der Waals surface area contributed by atoms with Gasteiger partial charge in [0.2, 0.25) is 0 Å². The monoisotopic (exact) mass is 248 g/mol. The first-order valence-electron chi connectivity index (χ1n) is 5.86. The number of hydrogen-bond acceptors (Lipinski definition) is 2. The van der Waals surface area contributed by atoms with Crippen LogP contribution in [0.3, 0.4) is 0 Å². The summed E-state index contributed by atoms with van der Waals surface area (Å²) in [5, 5.41) is 9.67. The number of fused-ring (bicyclic) bond motifs is 3. The van der Waals surface area contributed by atoms with Crippen molar-refractivity contribution in [3.05, 3.63) is 35.8 Å². The number of aromatic nitrogens is 1. The lowest BCUT2D eigenvalue weighted by Crippen LogP contribution is -2.36. The zero-order valence-electron chi connectivity index (χ0n) is 9.77. The van der Waals surface area contributed by atoms with Gasteiger partial charge in [0.1, 0.15) is 5.82 Å². The summed E-state index contributed by atoms with van der Waals surface area (Å²) in [5.41, 5.74) is 1.60. The van der Waals surface area contributed by atoms with Crippen molar-refractivity contribution in [2.75, 3.05) is 13.1 Å². The van der Waals surface area contributed by atoms with Crippen LogP contribution in [-0.2, 0) is 17.9 Å². The molecule has 2 heterocycles. The van der Waals surface area contributed by atoms with Gasteiger partial charge in [-0.05, 0) is 12.1 Å². The quantitative estimate of drug-likeness (QED) is 0.879. The predicted molar refractivity (Wildman–Crippen MR) is 64.8 cm³/mol. The van der Waals surface area contributed by atoms with Crippen molar-refractivity contribution in [1.29, 1.82) is 0 Å². The highest BCUT2D eigenvalue weighted by Crippen LogP contribution is 2.25. The van der Waals surface area contributed by atoms with Crippen LogP contribution < -0.4 is 0 Å². The molecule has 4 nitrogen and oxygen atoms in total. The second-order valence-corrected chi connectivity index (χ2v) is 4.57. The van der Waals surface area contributed by atoms with Gasteiger partial charge in [0.25, 0.3) is 0 Å². The van der Waals surface area contributed by atoms with Gasteiger partial charge < -0.3 is 9.67 Å². The van der Waals surface area contributed by atoms with Crippen molar-refractivity contribution >= 4 is 16.9 Å². The third kappa shape index (κ3) is 1.76. The third-order valence-corrected chi connectivity index (χ3v) is 3.34. The van der Waals surface area contributed by atoms with Crippen LogP contribution in [0.15, 0.2) is 24.3 Å². The molecule has 0 saturated carbocycles. The summed E-state index contributed by atoms with van der Waals surface area (Å²) >= 11 is 0. The molecule has 0 atom stereocenters. The molecule has 2 aromatic rings. The number of rotatable bonds is 2. The van der Waals surface area contributed by atoms with Crippen LogP contribution in [0, 0.1) is 5.82 Å². The summed E-state index contributed by atoms with van der Waals surface area (Å²) in [6.45, 7) is 1.86. The highest BCUT2D eigenvalue weighted by Gasteiger charge is 2.21. The van der Waals surface area contributed by atoms with Gasteiger partial charge in [-0.2, -0.15) is 0 Å². The second-order valence-electron chi connectivity index (χ2n) is 4.57. The van der Waals surface area contributed by atoms with Crippen molar-refractivity contribution in [3.63, 3.8) is 0 Å². The van der Waals surface area contributed by atoms with Crippen LogP contribution in [0.1, 0.15) is 5.69 Å². The van der Waals surface area contributed by atoms with Gasteiger partial charge >= 0.3 is 5.97 Å². The molecule has 0 aliphatic carbocycles. The van der Waals surface area contributed by atoms with Crippen LogP contribution in [0.5, 0.6) is 0 Å². The summed E-state index contributed by atoms with van der Waals surface area (Å²) in [6.07, 6.45) is 0. The van der Waals surface area contributed by atoms with E-state index in [1.807, 2.05) is 21.6 Å². The van der Waals surface area contributed by atoms with E-state index in [0.29, 0.717) is 25.2 Å². The minimum absolute atomic E-state index is 0.0318. The lowest BCUT2D eigenvalue weighted by molar-refractivity contribution is -0.138. The minimum atomic E-state index is -0.828. The normalized spacial score (nSPS) is 15.8. The van der Waals surface area contributed by atoms with Gasteiger partial charge in [-0.25, -0.2) is 4.39 Å². The van der Waals surface area contributed by atoms with Gasteiger partial charge in [-0.1, -0.05) is 12.1 Å². The molecule has 5 heteroatoms. The predicted octanol–water partition coefficient (Wildman–Crippen LogP) is 1.68. The Morgan fingerprint density at radius 1 is 1.39 bits per heavy atom. The Bertz CT molecular complexity index is 621. The Morgan fingerprint density at radius 2 is 2.22 bits per heavy atom. The maximum atomic E-state index is 13.8. The third-order valence-electron chi connectivity index (χ3n) is 3.34. The lowest BCUT2D eigenvalue weighted by atomic mass is 10.2. The molecule has 0 saturated heterocycles. The Kier molecular flexibility index (Phi) is 2.56. The molecule has 0 amide bonds. The molecule has 1 aliphatic rings. The number of carboxylic acids is 1. The Hall–Kier alpha value is -1.88. The van der Waals surface area contributed by atoms with Crippen molar-refractivity contribution in [1.82, 2.24) is 9.47 Å². The molecule has 0 unspecified atom stereocenters. The van der Waals surface area contributed by atoms with E-state index in [-0.39, 0.29) is 12.4 Å². The largest absolute Gasteiger partial charge is 0.480 e. The molecule has 18 heavy (non-hydrogen) atoms. The van der Waals surface area contributed by atoms with E-state index in [9.17, 15) is 9.18 Å². The summed E-state index contributed by atoms with van der Waals surface area (Å²) in [7, 11) is 0. The van der Waals surface area contributed by atoms with Crippen LogP contribution in [0.4, 0.5) is 4.39 Å². The summed E-state index contributed by atoms with van der Waals surface area (Å²) in [5.74, 6) is -1.05. The first kappa shape index (κ1) is 11.2. The molecule has 3 rings (SSSR count). The fraction of sp³-hybridized carbons (Fsp3) is 0.308. The zero-order valence-corrected chi connectivity index (χ0v) is 9.77. The number of aliphatic carboxylic acids is 1. The van der Waals surface area contributed by atoms with Crippen LogP contribution in [0.2, 0.25) is 0 Å². The van der Waals surface area contributed by atoms with Crippen LogP contribution >= 0.6 is 0 Å². The molecule has 0 radical (unpaired) electrons. The zero-order chi connectivity index (χ0) is 12.7. The fourth-order valence-electron chi connectivity index (χ4n) is 2.60. The van der Waals surface area contributed by atoms with Crippen molar-refractivity contribution in [2.45, 2.75) is 13.1 Å². The maximum Gasteiger partial charge on any atom is 0.317 e. The molecule has 1 aliphatic heterocycles. The first-order valence-corrected chi connectivity index (χ1v) is 5.86. The van der Waals surface area contributed by atoms with E-state index in [0.717, 1.165) is 11.1 Å². The molecular formula is C13H13FN2O2. The number of nitrogens with zero attached hydrogens (tertiary/aromatic N) is 2. The molecule has 0 fully saturated rings. The van der Waals surface area contributed by atoms with Gasteiger partial charge in [0.15, 0.2) is 0 Å². The van der Waals surface area contributed by atoms with Gasteiger partial charge in [-0.3, -0.25) is 9.69 Å². The lowest BCUT2D eigenvalue weighted by Gasteiger charge is -2.27. The highest BCUT2D eigenvalue weighted by molar-refractivity contribution is 5.82. The van der Waals surface area contributed by atoms with Crippen molar-refractivity contribution in [2.24, 2.45) is 0 Å². The van der Waals surface area contributed by atoms with Gasteiger partial charge in [-0.15, -0.1) is 0 Å². The minimum Gasteiger partial charge on any atom is -0.480 e. The molecule has 1 aromatic carbocycles. The Labute approximate surface area is 103 Å². The van der Waals surface area contributed by atoms with E-state index in [4.69, 9.17) is 5.11 Å². The Morgan fingerprint density at radius 3 is 3.00 bits per heavy atom. The topological polar surface area (TPSA) is 45.5 Å². The number of halogens is 1. The van der Waals surface area contributed by atoms with Crippen molar-refractivity contribution < 1.29 is 14.3 Å².